The summed E-state index contributed by atoms with van der Waals surface area (Å²) in [5.41, 5.74) is 3.32. The lowest BCUT2D eigenvalue weighted by molar-refractivity contribution is 0.0559. The van der Waals surface area contributed by atoms with Gasteiger partial charge in [-0.15, -0.1) is 0 Å². The Labute approximate surface area is 143 Å². The van der Waals surface area contributed by atoms with Crippen molar-refractivity contribution >= 4 is 23.5 Å². The zero-order chi connectivity index (χ0) is 16.7. The maximum atomic E-state index is 12.1. The SMILES string of the molecule is Cc1c(CSC(C)C)cccc1NC(=O)NC[C@H]1CCCOC1. The van der Waals surface area contributed by atoms with Crippen molar-refractivity contribution in [2.45, 2.75) is 44.6 Å². The third kappa shape index (κ3) is 6.07. The summed E-state index contributed by atoms with van der Waals surface area (Å²) >= 11 is 1.91. The Bertz CT molecular complexity index is 514. The van der Waals surface area contributed by atoms with Crippen LogP contribution in [0.15, 0.2) is 18.2 Å². The van der Waals surface area contributed by atoms with Gasteiger partial charge in [0, 0.05) is 24.6 Å². The smallest absolute Gasteiger partial charge is 0.319 e. The molecular weight excluding hydrogens is 308 g/mol. The van der Waals surface area contributed by atoms with Crippen LogP contribution >= 0.6 is 11.8 Å². The fourth-order valence-electron chi connectivity index (χ4n) is 2.60. The average molecular weight is 337 g/mol. The van der Waals surface area contributed by atoms with Gasteiger partial charge < -0.3 is 15.4 Å². The van der Waals surface area contributed by atoms with Gasteiger partial charge in [0.25, 0.3) is 0 Å². The molecule has 1 atom stereocenters. The summed E-state index contributed by atoms with van der Waals surface area (Å²) in [6.07, 6.45) is 2.21. The molecule has 0 saturated carbocycles. The van der Waals surface area contributed by atoms with Crippen molar-refractivity contribution in [1.29, 1.82) is 0 Å². The number of urea groups is 1. The standard InChI is InChI=1S/C18H28N2O2S/c1-13(2)23-12-16-7-4-8-17(14(16)3)20-18(21)19-10-15-6-5-9-22-11-15/h4,7-8,13,15H,5-6,9-12H2,1-3H3,(H2,19,20,21)/t15-/m1/s1. The van der Waals surface area contributed by atoms with Crippen LogP contribution in [0.4, 0.5) is 10.5 Å². The molecule has 5 heteroatoms. The Kier molecular flexibility index (Phi) is 7.24. The summed E-state index contributed by atoms with van der Waals surface area (Å²) in [6, 6.07) is 5.97. The number of anilines is 1. The molecule has 1 aliphatic heterocycles. The fraction of sp³-hybridized carbons (Fsp3) is 0.611. The van der Waals surface area contributed by atoms with Crippen molar-refractivity contribution in [3.8, 4) is 0 Å². The van der Waals surface area contributed by atoms with E-state index in [0.29, 0.717) is 17.7 Å². The van der Waals surface area contributed by atoms with Crippen LogP contribution in [-0.2, 0) is 10.5 Å². The van der Waals surface area contributed by atoms with Gasteiger partial charge in [0.2, 0.25) is 0 Å². The number of carbonyl (C=O) groups is 1. The largest absolute Gasteiger partial charge is 0.381 e. The van der Waals surface area contributed by atoms with Gasteiger partial charge in [-0.25, -0.2) is 4.79 Å². The molecule has 2 rings (SSSR count). The predicted octanol–water partition coefficient (Wildman–Crippen LogP) is 4.18. The highest BCUT2D eigenvalue weighted by molar-refractivity contribution is 7.99. The Morgan fingerprint density at radius 2 is 2.26 bits per heavy atom. The van der Waals surface area contributed by atoms with Crippen molar-refractivity contribution in [2.24, 2.45) is 5.92 Å². The number of thioether (sulfide) groups is 1. The molecule has 2 N–H and O–H groups in total. The average Bonchev–Trinajstić information content (AvgIpc) is 2.54. The monoisotopic (exact) mass is 336 g/mol. The minimum Gasteiger partial charge on any atom is -0.381 e. The van der Waals surface area contributed by atoms with Crippen LogP contribution in [0.2, 0.25) is 0 Å². The number of nitrogens with one attached hydrogen (secondary N) is 2. The molecule has 23 heavy (non-hydrogen) atoms. The summed E-state index contributed by atoms with van der Waals surface area (Å²) in [6.45, 7) is 8.74. The molecule has 0 aromatic heterocycles. The van der Waals surface area contributed by atoms with E-state index in [-0.39, 0.29) is 6.03 Å². The molecule has 0 bridgehead atoms. The van der Waals surface area contributed by atoms with Crippen LogP contribution in [0.25, 0.3) is 0 Å². The van der Waals surface area contributed by atoms with Gasteiger partial charge in [-0.1, -0.05) is 26.0 Å². The molecule has 1 saturated heterocycles. The van der Waals surface area contributed by atoms with Crippen molar-refractivity contribution in [3.63, 3.8) is 0 Å². The maximum Gasteiger partial charge on any atom is 0.319 e. The number of hydrogen-bond donors (Lipinski definition) is 2. The first-order valence-corrected chi connectivity index (χ1v) is 9.44. The molecule has 0 aliphatic carbocycles. The summed E-state index contributed by atoms with van der Waals surface area (Å²) in [5, 5.41) is 6.54. The second-order valence-electron chi connectivity index (χ2n) is 6.37. The van der Waals surface area contributed by atoms with Gasteiger partial charge in [0.05, 0.1) is 6.61 Å². The van der Waals surface area contributed by atoms with E-state index in [1.54, 1.807) is 0 Å². The Morgan fingerprint density at radius 3 is 2.96 bits per heavy atom. The molecule has 128 valence electrons. The highest BCUT2D eigenvalue weighted by Gasteiger charge is 2.15. The zero-order valence-corrected chi connectivity index (χ0v) is 15.2. The van der Waals surface area contributed by atoms with Crippen LogP contribution < -0.4 is 10.6 Å². The number of benzene rings is 1. The van der Waals surface area contributed by atoms with Crippen LogP contribution in [0.1, 0.15) is 37.8 Å². The van der Waals surface area contributed by atoms with Crippen LogP contribution in [-0.4, -0.2) is 31.0 Å². The number of carbonyl (C=O) groups excluding carboxylic acids is 1. The predicted molar refractivity (Wildman–Crippen MR) is 98.2 cm³/mol. The lowest BCUT2D eigenvalue weighted by atomic mass is 10.0. The van der Waals surface area contributed by atoms with Crippen LogP contribution in [0.3, 0.4) is 0 Å². The lowest BCUT2D eigenvalue weighted by Gasteiger charge is -2.22. The number of amides is 2. The molecule has 0 unspecified atom stereocenters. The van der Waals surface area contributed by atoms with Crippen molar-refractivity contribution in [1.82, 2.24) is 5.32 Å². The van der Waals surface area contributed by atoms with E-state index < -0.39 is 0 Å². The molecular formula is C18H28N2O2S. The first-order valence-electron chi connectivity index (χ1n) is 8.39. The highest BCUT2D eigenvalue weighted by Crippen LogP contribution is 2.24. The molecule has 1 heterocycles. The van der Waals surface area contributed by atoms with Gasteiger partial charge in [0.1, 0.15) is 0 Å². The number of rotatable bonds is 6. The zero-order valence-electron chi connectivity index (χ0n) is 14.4. The van der Waals surface area contributed by atoms with Crippen LogP contribution in [0.5, 0.6) is 0 Å². The highest BCUT2D eigenvalue weighted by atomic mass is 32.2. The molecule has 0 radical (unpaired) electrons. The molecule has 1 fully saturated rings. The van der Waals surface area contributed by atoms with Gasteiger partial charge in [-0.2, -0.15) is 11.8 Å². The molecule has 1 aromatic carbocycles. The first kappa shape index (κ1) is 18.1. The Balaban J connectivity index is 1.86. The first-order chi connectivity index (χ1) is 11.1. The molecule has 0 spiro atoms. The summed E-state index contributed by atoms with van der Waals surface area (Å²) < 4.78 is 5.44. The fourth-order valence-corrected chi connectivity index (χ4v) is 3.43. The molecule has 1 aromatic rings. The van der Waals surface area contributed by atoms with Gasteiger partial charge in [0.15, 0.2) is 0 Å². The van der Waals surface area contributed by atoms with Gasteiger partial charge in [-0.05, 0) is 48.1 Å². The van der Waals surface area contributed by atoms with E-state index >= 15 is 0 Å². The normalized spacial score (nSPS) is 18.0. The van der Waals surface area contributed by atoms with Crippen LogP contribution in [0, 0.1) is 12.8 Å². The second kappa shape index (κ2) is 9.18. The topological polar surface area (TPSA) is 50.4 Å². The summed E-state index contributed by atoms with van der Waals surface area (Å²) in [4.78, 5) is 12.1. The van der Waals surface area contributed by atoms with E-state index in [0.717, 1.165) is 43.1 Å². The van der Waals surface area contributed by atoms with E-state index in [2.05, 4.69) is 37.5 Å². The Hall–Kier alpha value is -1.20. The summed E-state index contributed by atoms with van der Waals surface area (Å²) in [7, 11) is 0. The Morgan fingerprint density at radius 1 is 1.43 bits per heavy atom. The van der Waals surface area contributed by atoms with E-state index in [9.17, 15) is 4.79 Å². The van der Waals surface area contributed by atoms with Crippen molar-refractivity contribution in [2.75, 3.05) is 25.1 Å². The molecule has 1 aliphatic rings. The minimum atomic E-state index is -0.132. The van der Waals surface area contributed by atoms with E-state index in [1.807, 2.05) is 23.9 Å². The second-order valence-corrected chi connectivity index (χ2v) is 7.93. The number of ether oxygens (including phenoxy) is 1. The van der Waals surface area contributed by atoms with Gasteiger partial charge >= 0.3 is 6.03 Å². The van der Waals surface area contributed by atoms with E-state index in [4.69, 9.17) is 4.74 Å². The van der Waals surface area contributed by atoms with Gasteiger partial charge in [-0.3, -0.25) is 0 Å². The third-order valence-corrected chi connectivity index (χ3v) is 5.22. The molecule has 4 nitrogen and oxygen atoms in total. The third-order valence-electron chi connectivity index (χ3n) is 4.07. The quantitative estimate of drug-likeness (QED) is 0.819. The summed E-state index contributed by atoms with van der Waals surface area (Å²) in [5.74, 6) is 1.41. The maximum absolute atomic E-state index is 12.1. The number of hydrogen-bond acceptors (Lipinski definition) is 3. The lowest BCUT2D eigenvalue weighted by Crippen LogP contribution is -2.36. The van der Waals surface area contributed by atoms with Crippen molar-refractivity contribution in [3.05, 3.63) is 29.3 Å². The minimum absolute atomic E-state index is 0.132. The van der Waals surface area contributed by atoms with Crippen molar-refractivity contribution < 1.29 is 9.53 Å². The molecule has 2 amide bonds. The van der Waals surface area contributed by atoms with E-state index in [1.165, 1.54) is 5.56 Å².